The lowest BCUT2D eigenvalue weighted by molar-refractivity contribution is 0.149. The molecule has 1 aromatic carbocycles. The second-order valence-corrected chi connectivity index (χ2v) is 12.3. The Hall–Kier alpha value is -0.603. The van der Waals surface area contributed by atoms with Gasteiger partial charge < -0.3 is 5.32 Å². The van der Waals surface area contributed by atoms with Crippen molar-refractivity contribution < 1.29 is 0 Å². The van der Waals surface area contributed by atoms with E-state index in [1.807, 2.05) is 0 Å². The Morgan fingerprint density at radius 1 is 1.05 bits per heavy atom. The molecule has 2 aliphatic rings. The molecule has 110 valence electrons. The molecule has 2 fully saturated rings. The van der Waals surface area contributed by atoms with Crippen LogP contribution < -0.4 is 10.5 Å². The summed E-state index contributed by atoms with van der Waals surface area (Å²) in [6, 6.07) is 13.6. The first kappa shape index (κ1) is 14.3. The summed E-state index contributed by atoms with van der Waals surface area (Å²) in [5.74, 6) is 1.94. The summed E-state index contributed by atoms with van der Waals surface area (Å²) < 4.78 is 0. The van der Waals surface area contributed by atoms with Crippen molar-refractivity contribution in [3.05, 3.63) is 30.3 Å². The second kappa shape index (κ2) is 6.03. The van der Waals surface area contributed by atoms with Crippen molar-refractivity contribution in [3.63, 3.8) is 0 Å². The van der Waals surface area contributed by atoms with Gasteiger partial charge >= 0.3 is 0 Å². The topological polar surface area (TPSA) is 12.0 Å². The predicted molar refractivity (Wildman–Crippen MR) is 90.2 cm³/mol. The molecule has 20 heavy (non-hydrogen) atoms. The minimum Gasteiger partial charge on any atom is -0.314 e. The molecule has 0 aromatic heterocycles. The van der Waals surface area contributed by atoms with E-state index in [2.05, 4.69) is 48.7 Å². The number of piperidine rings is 1. The smallest absolute Gasteiger partial charge is 0.0809 e. The number of nitrogens with one attached hydrogen (secondary N) is 1. The van der Waals surface area contributed by atoms with Gasteiger partial charge in [-0.05, 0) is 37.6 Å². The van der Waals surface area contributed by atoms with Crippen LogP contribution in [0.5, 0.6) is 0 Å². The van der Waals surface area contributed by atoms with E-state index in [9.17, 15) is 0 Å². The van der Waals surface area contributed by atoms with Gasteiger partial charge in [0.05, 0.1) is 8.07 Å². The minimum absolute atomic E-state index is 0.836. The van der Waals surface area contributed by atoms with Gasteiger partial charge in [-0.2, -0.15) is 0 Å². The van der Waals surface area contributed by atoms with E-state index in [0.29, 0.717) is 0 Å². The van der Waals surface area contributed by atoms with Crippen LogP contribution in [-0.4, -0.2) is 20.7 Å². The van der Waals surface area contributed by atoms with Gasteiger partial charge in [-0.15, -0.1) is 0 Å². The quantitative estimate of drug-likeness (QED) is 0.835. The summed E-state index contributed by atoms with van der Waals surface area (Å²) in [5.41, 5.74) is 0. The van der Waals surface area contributed by atoms with Crippen molar-refractivity contribution in [2.24, 2.45) is 11.8 Å². The fraction of sp³-hybridized carbons (Fsp3) is 0.667. The first-order chi connectivity index (χ1) is 9.67. The largest absolute Gasteiger partial charge is 0.314 e. The minimum atomic E-state index is -1.27. The van der Waals surface area contributed by atoms with Gasteiger partial charge in [-0.3, -0.25) is 0 Å². The van der Waals surface area contributed by atoms with Crippen LogP contribution in [0.25, 0.3) is 0 Å². The Bertz CT molecular complexity index is 426. The monoisotopic (exact) mass is 287 g/mol. The zero-order chi connectivity index (χ0) is 14.0. The molecule has 1 saturated heterocycles. The SMILES string of the molecule is C[Si](C)(C[C@@H]1CCC[C@H]2NCCC[C@H]12)c1ccccc1. The number of rotatable bonds is 3. The van der Waals surface area contributed by atoms with E-state index < -0.39 is 8.07 Å². The maximum absolute atomic E-state index is 3.79. The van der Waals surface area contributed by atoms with E-state index in [4.69, 9.17) is 0 Å². The van der Waals surface area contributed by atoms with Crippen LogP contribution in [-0.2, 0) is 0 Å². The van der Waals surface area contributed by atoms with Crippen LogP contribution >= 0.6 is 0 Å². The van der Waals surface area contributed by atoms with Crippen LogP contribution in [0.1, 0.15) is 32.1 Å². The van der Waals surface area contributed by atoms with E-state index in [-0.39, 0.29) is 0 Å². The molecule has 3 atom stereocenters. The highest BCUT2D eigenvalue weighted by Crippen LogP contribution is 2.39. The normalized spacial score (nSPS) is 30.8. The van der Waals surface area contributed by atoms with Crippen molar-refractivity contribution in [2.45, 2.75) is 57.3 Å². The van der Waals surface area contributed by atoms with Crippen molar-refractivity contribution in [3.8, 4) is 0 Å². The Morgan fingerprint density at radius 3 is 2.65 bits per heavy atom. The molecule has 1 saturated carbocycles. The zero-order valence-electron chi connectivity index (χ0n) is 13.1. The first-order valence-corrected chi connectivity index (χ1v) is 11.7. The summed E-state index contributed by atoms with van der Waals surface area (Å²) in [5, 5.41) is 5.44. The molecule has 0 radical (unpaired) electrons. The third-order valence-electron chi connectivity index (χ3n) is 5.66. The highest BCUT2D eigenvalue weighted by molar-refractivity contribution is 6.89. The van der Waals surface area contributed by atoms with E-state index in [1.165, 1.54) is 44.7 Å². The number of fused-ring (bicyclic) bond motifs is 1. The fourth-order valence-electron chi connectivity index (χ4n) is 4.59. The average molecular weight is 288 g/mol. The Kier molecular flexibility index (Phi) is 4.32. The molecule has 0 spiro atoms. The lowest BCUT2D eigenvalue weighted by atomic mass is 9.73. The highest BCUT2D eigenvalue weighted by Gasteiger charge is 2.38. The van der Waals surface area contributed by atoms with Gasteiger partial charge in [0.25, 0.3) is 0 Å². The highest BCUT2D eigenvalue weighted by atomic mass is 28.3. The molecule has 0 amide bonds. The van der Waals surface area contributed by atoms with E-state index in [1.54, 1.807) is 5.19 Å². The second-order valence-electron chi connectivity index (χ2n) is 7.51. The van der Waals surface area contributed by atoms with Gasteiger partial charge in [0, 0.05) is 6.04 Å². The molecule has 1 aliphatic carbocycles. The van der Waals surface area contributed by atoms with Crippen LogP contribution in [0, 0.1) is 11.8 Å². The maximum atomic E-state index is 3.79. The Labute approximate surface area is 125 Å². The van der Waals surface area contributed by atoms with Crippen molar-refractivity contribution in [1.29, 1.82) is 0 Å². The molecule has 1 N–H and O–H groups in total. The molecule has 2 heteroatoms. The molecule has 0 bridgehead atoms. The van der Waals surface area contributed by atoms with Crippen molar-refractivity contribution in [1.82, 2.24) is 5.32 Å². The zero-order valence-corrected chi connectivity index (χ0v) is 14.1. The average Bonchev–Trinajstić information content (AvgIpc) is 2.48. The van der Waals surface area contributed by atoms with Gasteiger partial charge in [0.1, 0.15) is 0 Å². The summed E-state index contributed by atoms with van der Waals surface area (Å²) >= 11 is 0. The number of hydrogen-bond donors (Lipinski definition) is 1. The molecule has 1 aromatic rings. The van der Waals surface area contributed by atoms with Crippen LogP contribution in [0.15, 0.2) is 30.3 Å². The van der Waals surface area contributed by atoms with Gasteiger partial charge in [0.2, 0.25) is 0 Å². The fourth-order valence-corrected chi connectivity index (χ4v) is 7.74. The van der Waals surface area contributed by atoms with Crippen molar-refractivity contribution >= 4 is 13.3 Å². The summed E-state index contributed by atoms with van der Waals surface area (Å²) in [4.78, 5) is 0. The third-order valence-corrected chi connectivity index (χ3v) is 9.10. The summed E-state index contributed by atoms with van der Waals surface area (Å²) in [6.07, 6.45) is 7.21. The van der Waals surface area contributed by atoms with Crippen LogP contribution in [0.4, 0.5) is 0 Å². The molecule has 1 heterocycles. The number of hydrogen-bond acceptors (Lipinski definition) is 1. The number of benzene rings is 1. The molecule has 0 unspecified atom stereocenters. The predicted octanol–water partition coefficient (Wildman–Crippen LogP) is 3.77. The third kappa shape index (κ3) is 3.01. The molecular weight excluding hydrogens is 258 g/mol. The summed E-state index contributed by atoms with van der Waals surface area (Å²) in [7, 11) is -1.27. The lowest BCUT2D eigenvalue weighted by Gasteiger charge is -2.44. The molecule has 1 nitrogen and oxygen atoms in total. The van der Waals surface area contributed by atoms with E-state index in [0.717, 1.165) is 17.9 Å². The standard InChI is InChI=1S/C18H29NSi/c1-20(2,16-9-4-3-5-10-16)14-15-8-6-12-18-17(15)11-7-13-19-18/h3-5,9-10,15,17-19H,6-8,11-14H2,1-2H3/t15-,17+,18+/m0/s1. The van der Waals surface area contributed by atoms with Crippen LogP contribution in [0.3, 0.4) is 0 Å². The first-order valence-electron chi connectivity index (χ1n) is 8.46. The maximum Gasteiger partial charge on any atom is 0.0809 e. The van der Waals surface area contributed by atoms with Crippen molar-refractivity contribution in [2.75, 3.05) is 6.54 Å². The molecule has 1 aliphatic heterocycles. The summed E-state index contributed by atoms with van der Waals surface area (Å²) in [6.45, 7) is 6.40. The Balaban J connectivity index is 1.72. The lowest BCUT2D eigenvalue weighted by Crippen LogP contribution is -2.50. The van der Waals surface area contributed by atoms with Gasteiger partial charge in [0.15, 0.2) is 0 Å². The molecular formula is C18H29NSi. The van der Waals surface area contributed by atoms with Gasteiger partial charge in [-0.25, -0.2) is 0 Å². The van der Waals surface area contributed by atoms with Crippen LogP contribution in [0.2, 0.25) is 19.1 Å². The van der Waals surface area contributed by atoms with E-state index >= 15 is 0 Å². The molecule has 3 rings (SSSR count). The Morgan fingerprint density at radius 2 is 1.85 bits per heavy atom. The van der Waals surface area contributed by atoms with Gasteiger partial charge in [-0.1, -0.05) is 67.5 Å².